The molecular formula is C15H15BrClNO. The Morgan fingerprint density at radius 3 is 2.26 bits per heavy atom. The van der Waals surface area contributed by atoms with Gasteiger partial charge in [0.1, 0.15) is 5.75 Å². The Labute approximate surface area is 127 Å². The van der Waals surface area contributed by atoms with E-state index in [1.54, 1.807) is 7.11 Å². The molecule has 0 atom stereocenters. The second-order valence-electron chi connectivity index (χ2n) is 4.17. The monoisotopic (exact) mass is 339 g/mol. The maximum absolute atomic E-state index is 5.86. The first-order valence-electron chi connectivity index (χ1n) is 5.88. The number of ether oxygens (including phenoxy) is 1. The van der Waals surface area contributed by atoms with Crippen LogP contribution in [0.5, 0.6) is 5.75 Å². The lowest BCUT2D eigenvalue weighted by Gasteiger charge is -2.20. The molecule has 0 unspecified atom stereocenters. The minimum atomic E-state index is 0.507. The molecule has 0 saturated heterocycles. The fourth-order valence-electron chi connectivity index (χ4n) is 1.81. The van der Waals surface area contributed by atoms with Crippen LogP contribution in [-0.4, -0.2) is 14.2 Å². The van der Waals surface area contributed by atoms with E-state index in [4.69, 9.17) is 16.3 Å². The van der Waals surface area contributed by atoms with Crippen LogP contribution in [0.4, 0.5) is 11.4 Å². The number of anilines is 2. The van der Waals surface area contributed by atoms with E-state index in [1.165, 1.54) is 0 Å². The number of halogens is 2. The molecule has 2 nitrogen and oxygen atoms in total. The zero-order chi connectivity index (χ0) is 13.8. The maximum atomic E-state index is 5.86. The van der Waals surface area contributed by atoms with Crippen molar-refractivity contribution < 1.29 is 4.74 Å². The molecule has 19 heavy (non-hydrogen) atoms. The first kappa shape index (κ1) is 14.2. The molecule has 2 aromatic carbocycles. The molecule has 0 saturated carbocycles. The average Bonchev–Trinajstić information content (AvgIpc) is 2.46. The molecule has 0 heterocycles. The van der Waals surface area contributed by atoms with Gasteiger partial charge in [0, 0.05) is 28.8 Å². The standard InChI is InChI=1S/C15H15BrClNO/c1-18(12-5-7-14(19-2)8-6-12)13-4-3-11(10-17)15(16)9-13/h3-9H,10H2,1-2H3. The van der Waals surface area contributed by atoms with Crippen LogP contribution in [0.1, 0.15) is 5.56 Å². The van der Waals surface area contributed by atoms with Gasteiger partial charge in [0.2, 0.25) is 0 Å². The van der Waals surface area contributed by atoms with E-state index in [9.17, 15) is 0 Å². The van der Waals surface area contributed by atoms with Gasteiger partial charge in [-0.25, -0.2) is 0 Å². The van der Waals surface area contributed by atoms with E-state index < -0.39 is 0 Å². The summed E-state index contributed by atoms with van der Waals surface area (Å²) in [5.41, 5.74) is 3.30. The summed E-state index contributed by atoms with van der Waals surface area (Å²) >= 11 is 9.40. The van der Waals surface area contributed by atoms with Crippen molar-refractivity contribution in [1.82, 2.24) is 0 Å². The Morgan fingerprint density at radius 1 is 1.11 bits per heavy atom. The van der Waals surface area contributed by atoms with Gasteiger partial charge >= 0.3 is 0 Å². The van der Waals surface area contributed by atoms with E-state index >= 15 is 0 Å². The van der Waals surface area contributed by atoms with Crippen molar-refractivity contribution >= 4 is 38.9 Å². The van der Waals surface area contributed by atoms with Crippen molar-refractivity contribution in [3.8, 4) is 5.75 Å². The molecule has 100 valence electrons. The van der Waals surface area contributed by atoms with Crippen LogP contribution in [0.3, 0.4) is 0 Å². The molecule has 0 bridgehead atoms. The summed E-state index contributed by atoms with van der Waals surface area (Å²) in [5.74, 6) is 1.36. The van der Waals surface area contributed by atoms with Gasteiger partial charge < -0.3 is 9.64 Å². The highest BCUT2D eigenvalue weighted by Gasteiger charge is 2.07. The zero-order valence-electron chi connectivity index (χ0n) is 10.9. The highest BCUT2D eigenvalue weighted by atomic mass is 79.9. The Hall–Kier alpha value is -1.19. The molecule has 0 aliphatic carbocycles. The average molecular weight is 341 g/mol. The van der Waals surface area contributed by atoms with E-state index in [2.05, 4.69) is 33.0 Å². The largest absolute Gasteiger partial charge is 0.497 e. The molecule has 0 fully saturated rings. The molecular weight excluding hydrogens is 326 g/mol. The van der Waals surface area contributed by atoms with Gasteiger partial charge in [-0.1, -0.05) is 22.0 Å². The summed E-state index contributed by atoms with van der Waals surface area (Å²) in [4.78, 5) is 2.11. The van der Waals surface area contributed by atoms with Gasteiger partial charge in [0.05, 0.1) is 7.11 Å². The topological polar surface area (TPSA) is 12.5 Å². The number of hydrogen-bond donors (Lipinski definition) is 0. The maximum Gasteiger partial charge on any atom is 0.119 e. The minimum absolute atomic E-state index is 0.507. The molecule has 4 heteroatoms. The fraction of sp³-hybridized carbons (Fsp3) is 0.200. The molecule has 0 amide bonds. The second kappa shape index (κ2) is 6.31. The Morgan fingerprint density at radius 2 is 1.74 bits per heavy atom. The van der Waals surface area contributed by atoms with E-state index in [0.29, 0.717) is 5.88 Å². The molecule has 0 aliphatic rings. The predicted octanol–water partition coefficient (Wildman–Crippen LogP) is 4.96. The van der Waals surface area contributed by atoms with Crippen LogP contribution >= 0.6 is 27.5 Å². The summed E-state index contributed by atoms with van der Waals surface area (Å²) < 4.78 is 6.19. The van der Waals surface area contributed by atoms with Crippen LogP contribution in [0.2, 0.25) is 0 Å². The van der Waals surface area contributed by atoms with E-state index in [0.717, 1.165) is 27.2 Å². The predicted molar refractivity (Wildman–Crippen MR) is 84.8 cm³/mol. The van der Waals surface area contributed by atoms with Crippen LogP contribution in [0.15, 0.2) is 46.9 Å². The number of rotatable bonds is 4. The highest BCUT2D eigenvalue weighted by molar-refractivity contribution is 9.10. The third kappa shape index (κ3) is 3.23. The van der Waals surface area contributed by atoms with Crippen LogP contribution in [0.25, 0.3) is 0 Å². The van der Waals surface area contributed by atoms with Gasteiger partial charge in [0.25, 0.3) is 0 Å². The highest BCUT2D eigenvalue weighted by Crippen LogP contribution is 2.29. The number of benzene rings is 2. The summed E-state index contributed by atoms with van der Waals surface area (Å²) in [6.45, 7) is 0. The van der Waals surface area contributed by atoms with Crippen molar-refractivity contribution in [1.29, 1.82) is 0 Å². The minimum Gasteiger partial charge on any atom is -0.497 e. The van der Waals surface area contributed by atoms with Crippen LogP contribution in [-0.2, 0) is 5.88 Å². The molecule has 2 aromatic rings. The van der Waals surface area contributed by atoms with E-state index in [-0.39, 0.29) is 0 Å². The number of nitrogens with zero attached hydrogens (tertiary/aromatic N) is 1. The Balaban J connectivity index is 2.27. The lowest BCUT2D eigenvalue weighted by atomic mass is 10.2. The fourth-order valence-corrected chi connectivity index (χ4v) is 2.71. The SMILES string of the molecule is COc1ccc(N(C)c2ccc(CCl)c(Br)c2)cc1. The van der Waals surface area contributed by atoms with Crippen LogP contribution in [0, 0.1) is 0 Å². The summed E-state index contributed by atoms with van der Waals surface area (Å²) in [6.07, 6.45) is 0. The van der Waals surface area contributed by atoms with Crippen molar-refractivity contribution in [3.05, 3.63) is 52.5 Å². The lowest BCUT2D eigenvalue weighted by Crippen LogP contribution is -2.09. The molecule has 2 rings (SSSR count). The first-order valence-corrected chi connectivity index (χ1v) is 7.20. The molecule has 0 aliphatic heterocycles. The van der Waals surface area contributed by atoms with Crippen molar-refractivity contribution in [2.24, 2.45) is 0 Å². The smallest absolute Gasteiger partial charge is 0.119 e. The lowest BCUT2D eigenvalue weighted by molar-refractivity contribution is 0.415. The van der Waals surface area contributed by atoms with Gasteiger partial charge in [-0.2, -0.15) is 0 Å². The first-order chi connectivity index (χ1) is 9.15. The number of hydrogen-bond acceptors (Lipinski definition) is 2. The van der Waals surface area contributed by atoms with Crippen molar-refractivity contribution in [2.45, 2.75) is 5.88 Å². The van der Waals surface area contributed by atoms with Gasteiger partial charge in [-0.3, -0.25) is 0 Å². The quantitative estimate of drug-likeness (QED) is 0.729. The molecule has 0 N–H and O–H groups in total. The summed E-state index contributed by atoms with van der Waals surface area (Å²) in [7, 11) is 3.70. The third-order valence-electron chi connectivity index (χ3n) is 3.03. The molecule has 0 aromatic heterocycles. The summed E-state index contributed by atoms with van der Waals surface area (Å²) in [5, 5.41) is 0. The Bertz CT molecular complexity index is 557. The van der Waals surface area contributed by atoms with Gasteiger partial charge in [-0.05, 0) is 42.0 Å². The van der Waals surface area contributed by atoms with Crippen molar-refractivity contribution in [2.75, 3.05) is 19.1 Å². The third-order valence-corrected chi connectivity index (χ3v) is 4.05. The number of alkyl halides is 1. The second-order valence-corrected chi connectivity index (χ2v) is 5.29. The van der Waals surface area contributed by atoms with Gasteiger partial charge in [0.15, 0.2) is 0 Å². The molecule has 0 spiro atoms. The summed E-state index contributed by atoms with van der Waals surface area (Å²) in [6, 6.07) is 14.1. The zero-order valence-corrected chi connectivity index (χ0v) is 13.2. The van der Waals surface area contributed by atoms with Crippen LogP contribution < -0.4 is 9.64 Å². The van der Waals surface area contributed by atoms with Crippen molar-refractivity contribution in [3.63, 3.8) is 0 Å². The normalized spacial score (nSPS) is 10.3. The molecule has 0 radical (unpaired) electrons. The van der Waals surface area contributed by atoms with Gasteiger partial charge in [-0.15, -0.1) is 11.6 Å². The number of methoxy groups -OCH3 is 1. The van der Waals surface area contributed by atoms with E-state index in [1.807, 2.05) is 37.4 Å². The Kier molecular flexibility index (Phi) is 4.72.